The van der Waals surface area contributed by atoms with Gasteiger partial charge >= 0.3 is 13.7 Å². The number of para-hydroxylation sites is 1. The summed E-state index contributed by atoms with van der Waals surface area (Å²) in [4.78, 5) is 11.9. The van der Waals surface area contributed by atoms with Gasteiger partial charge in [-0.2, -0.15) is 9.78 Å². The van der Waals surface area contributed by atoms with Crippen LogP contribution in [0.3, 0.4) is 0 Å². The van der Waals surface area contributed by atoms with Crippen LogP contribution in [-0.4, -0.2) is 42.9 Å². The highest BCUT2D eigenvalue weighted by atomic mass is 31.2. The first-order valence-corrected chi connectivity index (χ1v) is 7.63. The van der Waals surface area contributed by atoms with E-state index in [9.17, 15) is 9.36 Å². The molecule has 0 amide bonds. The van der Waals surface area contributed by atoms with Crippen LogP contribution < -0.4 is 0 Å². The van der Waals surface area contributed by atoms with Crippen LogP contribution in [0.15, 0.2) is 30.5 Å². The Morgan fingerprint density at radius 2 is 2.00 bits per heavy atom. The molecule has 0 saturated carbocycles. The topological polar surface area (TPSA) is 79.7 Å². The fraction of sp³-hybridized carbons (Fsp3) is 0.333. The molecule has 0 bridgehead atoms. The van der Waals surface area contributed by atoms with Crippen molar-refractivity contribution in [3.63, 3.8) is 0 Å². The van der Waals surface area contributed by atoms with Crippen LogP contribution in [0.25, 0.3) is 10.9 Å². The summed E-state index contributed by atoms with van der Waals surface area (Å²) in [6.45, 7) is -0.0774. The van der Waals surface area contributed by atoms with E-state index in [-0.39, 0.29) is 12.8 Å². The number of benzene rings is 1. The van der Waals surface area contributed by atoms with Gasteiger partial charge in [0, 0.05) is 19.6 Å². The molecule has 0 aliphatic rings. The lowest BCUT2D eigenvalue weighted by Gasteiger charge is -2.13. The molecule has 0 unspecified atom stereocenters. The number of ether oxygens (including phenoxy) is 1. The molecule has 0 spiro atoms. The van der Waals surface area contributed by atoms with E-state index < -0.39 is 13.7 Å². The Balaban J connectivity index is 2.01. The molecule has 0 N–H and O–H groups in total. The van der Waals surface area contributed by atoms with Crippen LogP contribution in [-0.2, 0) is 18.3 Å². The third-order valence-corrected chi connectivity index (χ3v) is 4.64. The van der Waals surface area contributed by atoms with E-state index in [0.717, 1.165) is 10.1 Å². The first kappa shape index (κ1) is 14.7. The largest absolute Gasteiger partial charge is 0.447 e. The lowest BCUT2D eigenvalue weighted by molar-refractivity contribution is 0.149. The Labute approximate surface area is 116 Å². The predicted octanol–water partition coefficient (Wildman–Crippen LogP) is 2.51. The molecule has 0 atom stereocenters. The van der Waals surface area contributed by atoms with Crippen LogP contribution in [0, 0.1) is 0 Å². The van der Waals surface area contributed by atoms with Gasteiger partial charge in [-0.05, 0) is 6.07 Å². The van der Waals surface area contributed by atoms with Crippen LogP contribution in [0.2, 0.25) is 0 Å². The van der Waals surface area contributed by atoms with Crippen molar-refractivity contribution in [1.82, 2.24) is 9.78 Å². The highest BCUT2D eigenvalue weighted by Gasteiger charge is 2.22. The summed E-state index contributed by atoms with van der Waals surface area (Å²) in [6, 6.07) is 7.26. The summed E-state index contributed by atoms with van der Waals surface area (Å²) in [7, 11) is -0.599. The van der Waals surface area contributed by atoms with Crippen LogP contribution in [0.4, 0.5) is 4.79 Å². The number of fused-ring (bicyclic) bond motifs is 1. The van der Waals surface area contributed by atoms with Gasteiger partial charge in [0.15, 0.2) is 0 Å². The summed E-state index contributed by atoms with van der Waals surface area (Å²) >= 11 is 0. The van der Waals surface area contributed by atoms with E-state index in [2.05, 4.69) is 5.10 Å². The molecule has 108 valence electrons. The van der Waals surface area contributed by atoms with Crippen molar-refractivity contribution in [3.8, 4) is 0 Å². The molecule has 1 aromatic carbocycles. The number of carbonyl (C=O) groups excluding carboxylic acids is 1. The van der Waals surface area contributed by atoms with Crippen LogP contribution in [0.1, 0.15) is 0 Å². The number of nitrogens with zero attached hydrogens (tertiary/aromatic N) is 2. The van der Waals surface area contributed by atoms with Gasteiger partial charge in [-0.15, -0.1) is 0 Å². The molecular formula is C12H15N2O5P. The molecule has 2 aromatic rings. The zero-order valence-corrected chi connectivity index (χ0v) is 12.1. The molecule has 2 rings (SSSR count). The molecule has 0 fully saturated rings. The quantitative estimate of drug-likeness (QED) is 0.789. The maximum absolute atomic E-state index is 11.9. The van der Waals surface area contributed by atoms with Gasteiger partial charge in [-0.25, -0.2) is 4.79 Å². The first-order valence-electron chi connectivity index (χ1n) is 5.90. The maximum Gasteiger partial charge on any atom is 0.435 e. The molecule has 0 saturated heterocycles. The lowest BCUT2D eigenvalue weighted by Crippen LogP contribution is -2.17. The van der Waals surface area contributed by atoms with Gasteiger partial charge in [0.2, 0.25) is 0 Å². The third kappa shape index (κ3) is 3.07. The fourth-order valence-corrected chi connectivity index (χ4v) is 2.51. The number of hydrogen-bond donors (Lipinski definition) is 0. The summed E-state index contributed by atoms with van der Waals surface area (Å²) in [5.74, 6) is 0. The minimum Gasteiger partial charge on any atom is -0.447 e. The van der Waals surface area contributed by atoms with Crippen molar-refractivity contribution in [3.05, 3.63) is 30.5 Å². The van der Waals surface area contributed by atoms with Crippen molar-refractivity contribution in [2.24, 2.45) is 0 Å². The SMILES string of the molecule is COP(=O)(CCOC(=O)n1ncc2ccccc21)OC. The van der Waals surface area contributed by atoms with Gasteiger partial charge in [0.25, 0.3) is 0 Å². The maximum atomic E-state index is 11.9. The molecule has 1 heterocycles. The Morgan fingerprint density at radius 1 is 1.30 bits per heavy atom. The van der Waals surface area contributed by atoms with E-state index in [0.29, 0.717) is 5.52 Å². The minimum absolute atomic E-state index is 0.00899. The van der Waals surface area contributed by atoms with Gasteiger partial charge in [-0.1, -0.05) is 18.2 Å². The zero-order valence-electron chi connectivity index (χ0n) is 11.2. The average Bonchev–Trinajstić information content (AvgIpc) is 2.91. The highest BCUT2D eigenvalue weighted by Crippen LogP contribution is 2.45. The standard InChI is InChI=1S/C12H15N2O5P/c1-17-20(16,18-2)8-7-19-12(15)14-11-6-4-3-5-10(11)9-13-14/h3-6,9H,7-8H2,1-2H3. The van der Waals surface area contributed by atoms with Crippen molar-refractivity contribution in [2.75, 3.05) is 27.0 Å². The molecular weight excluding hydrogens is 283 g/mol. The monoisotopic (exact) mass is 298 g/mol. The summed E-state index contributed by atoms with van der Waals surface area (Å²) in [6.07, 6.45) is 0.932. The fourth-order valence-electron chi connectivity index (χ4n) is 1.68. The van der Waals surface area contributed by atoms with Gasteiger partial charge in [-0.3, -0.25) is 4.57 Å². The third-order valence-electron chi connectivity index (χ3n) is 2.80. The minimum atomic E-state index is -3.17. The van der Waals surface area contributed by atoms with E-state index in [4.69, 9.17) is 13.8 Å². The second kappa shape index (κ2) is 6.17. The number of aromatic nitrogens is 2. The van der Waals surface area contributed by atoms with E-state index in [1.165, 1.54) is 14.2 Å². The van der Waals surface area contributed by atoms with Crippen molar-refractivity contribution in [2.45, 2.75) is 0 Å². The van der Waals surface area contributed by atoms with Gasteiger partial charge in [0.05, 0.1) is 17.9 Å². The first-order chi connectivity index (χ1) is 9.59. The summed E-state index contributed by atoms with van der Waals surface area (Å²) in [5.41, 5.74) is 0.652. The average molecular weight is 298 g/mol. The normalized spacial score (nSPS) is 11.7. The molecule has 1 aromatic heterocycles. The van der Waals surface area contributed by atoms with E-state index in [1.54, 1.807) is 18.3 Å². The van der Waals surface area contributed by atoms with Gasteiger partial charge in [0.1, 0.15) is 6.61 Å². The van der Waals surface area contributed by atoms with E-state index in [1.807, 2.05) is 12.1 Å². The van der Waals surface area contributed by atoms with E-state index >= 15 is 0 Å². The Kier molecular flexibility index (Phi) is 4.54. The zero-order chi connectivity index (χ0) is 14.6. The van der Waals surface area contributed by atoms with Crippen molar-refractivity contribution in [1.29, 1.82) is 0 Å². The molecule has 20 heavy (non-hydrogen) atoms. The summed E-state index contributed by atoms with van der Waals surface area (Å²) in [5, 5.41) is 4.80. The molecule has 0 aliphatic carbocycles. The molecule has 7 nitrogen and oxygen atoms in total. The van der Waals surface area contributed by atoms with Crippen molar-refractivity contribution >= 4 is 24.6 Å². The van der Waals surface area contributed by atoms with Crippen LogP contribution in [0.5, 0.6) is 0 Å². The smallest absolute Gasteiger partial charge is 0.435 e. The number of rotatable bonds is 5. The number of hydrogen-bond acceptors (Lipinski definition) is 6. The second-order valence-corrected chi connectivity index (χ2v) is 6.33. The van der Waals surface area contributed by atoms with Crippen LogP contribution >= 0.6 is 7.60 Å². The van der Waals surface area contributed by atoms with Crippen molar-refractivity contribution < 1.29 is 23.1 Å². The Bertz CT molecular complexity index is 646. The molecule has 0 radical (unpaired) electrons. The second-order valence-electron chi connectivity index (χ2n) is 3.93. The number of carbonyl (C=O) groups is 1. The lowest BCUT2D eigenvalue weighted by atomic mass is 10.3. The Hall–Kier alpha value is -1.69. The predicted molar refractivity (Wildman–Crippen MR) is 73.0 cm³/mol. The summed E-state index contributed by atoms with van der Waals surface area (Å²) < 4.78 is 27.4. The molecule has 8 heteroatoms. The Morgan fingerprint density at radius 3 is 2.70 bits per heavy atom. The highest BCUT2D eigenvalue weighted by molar-refractivity contribution is 7.53. The van der Waals surface area contributed by atoms with Gasteiger partial charge < -0.3 is 13.8 Å². The molecule has 0 aliphatic heterocycles.